The first-order chi connectivity index (χ1) is 11.4. The zero-order chi connectivity index (χ0) is 17.4. The van der Waals surface area contributed by atoms with Crippen LogP contribution in [0.4, 0.5) is 15.8 Å². The molecule has 0 spiro atoms. The molecule has 1 aromatic carbocycles. The third-order valence-corrected chi connectivity index (χ3v) is 5.24. The molecule has 2 aliphatic carbocycles. The van der Waals surface area contributed by atoms with Crippen molar-refractivity contribution in [3.63, 3.8) is 0 Å². The van der Waals surface area contributed by atoms with Gasteiger partial charge in [-0.05, 0) is 43.6 Å². The van der Waals surface area contributed by atoms with Crippen LogP contribution in [0.1, 0.15) is 42.5 Å². The summed E-state index contributed by atoms with van der Waals surface area (Å²) in [5.74, 6) is -0.832. The average Bonchev–Trinajstić information content (AvgIpc) is 2.49. The standard InChI is InChI=1S/C16H21FN4O3/c17-10-6-12(14(19)13(7-10)21(23)24)16(22)20-15-8-2-1-3-9(15)5-11(18)4-8/h6-9,11,15H,1-5,18-19H2,(H,20,22). The van der Waals surface area contributed by atoms with Gasteiger partial charge in [-0.15, -0.1) is 0 Å². The maximum absolute atomic E-state index is 13.6. The molecule has 0 aromatic heterocycles. The summed E-state index contributed by atoms with van der Waals surface area (Å²) in [7, 11) is 0. The van der Waals surface area contributed by atoms with Gasteiger partial charge in [-0.25, -0.2) is 4.39 Å². The zero-order valence-corrected chi connectivity index (χ0v) is 13.2. The van der Waals surface area contributed by atoms with Crippen molar-refractivity contribution in [1.82, 2.24) is 5.32 Å². The van der Waals surface area contributed by atoms with E-state index in [9.17, 15) is 19.3 Å². The number of amides is 1. The lowest BCUT2D eigenvalue weighted by Crippen LogP contribution is -2.53. The van der Waals surface area contributed by atoms with Crippen LogP contribution in [-0.4, -0.2) is 22.9 Å². The Bertz CT molecular complexity index is 668. The lowest BCUT2D eigenvalue weighted by molar-refractivity contribution is -0.384. The topological polar surface area (TPSA) is 124 Å². The summed E-state index contributed by atoms with van der Waals surface area (Å²) >= 11 is 0. The largest absolute Gasteiger partial charge is 0.393 e. The van der Waals surface area contributed by atoms with Crippen LogP contribution in [-0.2, 0) is 0 Å². The molecule has 0 radical (unpaired) electrons. The second kappa shape index (κ2) is 6.35. The van der Waals surface area contributed by atoms with E-state index in [2.05, 4.69) is 5.32 Å². The normalized spacial score (nSPS) is 29.1. The Balaban J connectivity index is 1.84. The molecule has 3 rings (SSSR count). The van der Waals surface area contributed by atoms with E-state index in [-0.39, 0.29) is 23.3 Å². The Labute approximate surface area is 138 Å². The third kappa shape index (κ3) is 3.06. The van der Waals surface area contributed by atoms with E-state index in [4.69, 9.17) is 11.5 Å². The number of nitrogens with one attached hydrogen (secondary N) is 1. The minimum atomic E-state index is -0.855. The monoisotopic (exact) mass is 336 g/mol. The van der Waals surface area contributed by atoms with E-state index in [0.29, 0.717) is 11.8 Å². The minimum Gasteiger partial charge on any atom is -0.393 e. The fraction of sp³-hybridized carbons (Fsp3) is 0.562. The summed E-state index contributed by atoms with van der Waals surface area (Å²) in [5, 5.41) is 13.9. The quantitative estimate of drug-likeness (QED) is 0.442. The molecule has 1 aromatic rings. The summed E-state index contributed by atoms with van der Waals surface area (Å²) in [6.45, 7) is 0. The maximum Gasteiger partial charge on any atom is 0.295 e. The summed E-state index contributed by atoms with van der Waals surface area (Å²) in [4.78, 5) is 22.7. The molecular weight excluding hydrogens is 315 g/mol. The van der Waals surface area contributed by atoms with Crippen LogP contribution in [0, 0.1) is 27.8 Å². The van der Waals surface area contributed by atoms with Gasteiger partial charge in [0.25, 0.3) is 11.6 Å². The summed E-state index contributed by atoms with van der Waals surface area (Å²) in [6.07, 6.45) is 4.80. The van der Waals surface area contributed by atoms with Gasteiger partial charge < -0.3 is 16.8 Å². The third-order valence-electron chi connectivity index (χ3n) is 5.24. The molecule has 0 aliphatic heterocycles. The number of anilines is 1. The van der Waals surface area contributed by atoms with Crippen molar-refractivity contribution in [1.29, 1.82) is 0 Å². The molecule has 0 heterocycles. The molecular formula is C16H21FN4O3. The summed E-state index contributed by atoms with van der Waals surface area (Å²) < 4.78 is 13.6. The molecule has 1 amide bonds. The predicted octanol–water partition coefficient (Wildman–Crippen LogP) is 1.95. The number of benzene rings is 1. The van der Waals surface area contributed by atoms with Crippen molar-refractivity contribution < 1.29 is 14.1 Å². The van der Waals surface area contributed by atoms with Crippen molar-refractivity contribution in [2.24, 2.45) is 17.6 Å². The van der Waals surface area contributed by atoms with Crippen LogP contribution in [0.3, 0.4) is 0 Å². The van der Waals surface area contributed by atoms with E-state index in [1.807, 2.05) is 0 Å². The van der Waals surface area contributed by atoms with Crippen LogP contribution in [0.2, 0.25) is 0 Å². The van der Waals surface area contributed by atoms with Gasteiger partial charge in [0.05, 0.1) is 16.6 Å². The van der Waals surface area contributed by atoms with Crippen LogP contribution in [0.15, 0.2) is 12.1 Å². The van der Waals surface area contributed by atoms with Gasteiger partial charge >= 0.3 is 0 Å². The van der Waals surface area contributed by atoms with Crippen molar-refractivity contribution in [2.75, 3.05) is 5.73 Å². The Morgan fingerprint density at radius 1 is 1.29 bits per heavy atom. The first kappa shape index (κ1) is 16.6. The summed E-state index contributed by atoms with van der Waals surface area (Å²) in [6, 6.07) is 1.78. The molecule has 2 aliphatic rings. The number of nitrogen functional groups attached to an aromatic ring is 1. The molecule has 2 saturated carbocycles. The van der Waals surface area contributed by atoms with Crippen LogP contribution in [0.5, 0.6) is 0 Å². The highest BCUT2D eigenvalue weighted by atomic mass is 19.1. The molecule has 5 N–H and O–H groups in total. The molecule has 130 valence electrons. The second-order valence-corrected chi connectivity index (χ2v) is 6.83. The Hall–Kier alpha value is -2.22. The highest BCUT2D eigenvalue weighted by Gasteiger charge is 2.40. The average molecular weight is 336 g/mol. The molecule has 0 saturated heterocycles. The summed E-state index contributed by atoms with van der Waals surface area (Å²) in [5.41, 5.74) is 10.7. The number of fused-ring (bicyclic) bond motifs is 2. The molecule has 2 unspecified atom stereocenters. The Morgan fingerprint density at radius 3 is 2.50 bits per heavy atom. The number of nitro groups is 1. The first-order valence-electron chi connectivity index (χ1n) is 8.16. The fourth-order valence-electron chi connectivity index (χ4n) is 4.20. The number of nitro benzene ring substituents is 1. The van der Waals surface area contributed by atoms with Gasteiger partial charge in [0.2, 0.25) is 0 Å². The number of nitrogens with zero attached hydrogens (tertiary/aromatic N) is 1. The second-order valence-electron chi connectivity index (χ2n) is 6.83. The predicted molar refractivity (Wildman–Crippen MR) is 86.8 cm³/mol. The van der Waals surface area contributed by atoms with Crippen molar-refractivity contribution in [3.05, 3.63) is 33.6 Å². The van der Waals surface area contributed by atoms with Gasteiger partial charge in [-0.1, -0.05) is 6.42 Å². The number of carbonyl (C=O) groups excluding carboxylic acids is 1. The highest BCUT2D eigenvalue weighted by molar-refractivity contribution is 6.01. The van der Waals surface area contributed by atoms with Gasteiger partial charge in [-0.3, -0.25) is 14.9 Å². The first-order valence-corrected chi connectivity index (χ1v) is 8.16. The SMILES string of the molecule is Nc1c(C(=O)NC2C3CCCC2CC(N)C3)cc(F)cc1[N+](=O)[O-]. The molecule has 2 bridgehead atoms. The van der Waals surface area contributed by atoms with Crippen LogP contribution >= 0.6 is 0 Å². The van der Waals surface area contributed by atoms with Crippen molar-refractivity contribution in [3.8, 4) is 0 Å². The van der Waals surface area contributed by atoms with Crippen molar-refractivity contribution >= 4 is 17.3 Å². The van der Waals surface area contributed by atoms with E-state index >= 15 is 0 Å². The highest BCUT2D eigenvalue weighted by Crippen LogP contribution is 2.40. The molecule has 8 heteroatoms. The van der Waals surface area contributed by atoms with Crippen LogP contribution in [0.25, 0.3) is 0 Å². The molecule has 2 fully saturated rings. The smallest absolute Gasteiger partial charge is 0.295 e. The number of carbonyl (C=O) groups is 1. The number of hydrogen-bond acceptors (Lipinski definition) is 5. The molecule has 24 heavy (non-hydrogen) atoms. The fourth-order valence-corrected chi connectivity index (χ4v) is 4.20. The molecule has 2 atom stereocenters. The van der Waals surface area contributed by atoms with Gasteiger partial charge in [0.1, 0.15) is 11.5 Å². The number of halogens is 1. The van der Waals surface area contributed by atoms with E-state index in [1.54, 1.807) is 0 Å². The van der Waals surface area contributed by atoms with E-state index in [1.165, 1.54) is 0 Å². The lowest BCUT2D eigenvalue weighted by Gasteiger charge is -2.45. The van der Waals surface area contributed by atoms with Gasteiger partial charge in [0, 0.05) is 12.1 Å². The number of rotatable bonds is 3. The van der Waals surface area contributed by atoms with Gasteiger partial charge in [0.15, 0.2) is 0 Å². The van der Waals surface area contributed by atoms with Crippen molar-refractivity contribution in [2.45, 2.75) is 44.2 Å². The van der Waals surface area contributed by atoms with Gasteiger partial charge in [-0.2, -0.15) is 0 Å². The van der Waals surface area contributed by atoms with E-state index in [0.717, 1.165) is 44.2 Å². The maximum atomic E-state index is 13.6. The Kier molecular flexibility index (Phi) is 4.40. The zero-order valence-electron chi connectivity index (χ0n) is 13.2. The number of hydrogen-bond donors (Lipinski definition) is 3. The number of nitrogens with two attached hydrogens (primary N) is 2. The minimum absolute atomic E-state index is 0.0345. The van der Waals surface area contributed by atoms with Crippen LogP contribution < -0.4 is 16.8 Å². The van der Waals surface area contributed by atoms with E-state index < -0.39 is 22.3 Å². The lowest BCUT2D eigenvalue weighted by atomic mass is 9.67. The molecule has 7 nitrogen and oxygen atoms in total. The Morgan fingerprint density at radius 2 is 1.92 bits per heavy atom.